The standard InChI is InChI=1S/C18H24N2O/c1-20-13-16(15-11-7-8-12-17(15)20)18(21)19-14-9-5-3-2-4-6-10-14/h7-8,11-14H,2-6,9-10H2,1H3,(H,19,21). The van der Waals surface area contributed by atoms with E-state index in [0.29, 0.717) is 6.04 Å². The lowest BCUT2D eigenvalue weighted by Crippen LogP contribution is -2.35. The highest BCUT2D eigenvalue weighted by molar-refractivity contribution is 6.07. The summed E-state index contributed by atoms with van der Waals surface area (Å²) in [7, 11) is 1.99. The summed E-state index contributed by atoms with van der Waals surface area (Å²) in [6, 6.07) is 8.44. The highest BCUT2D eigenvalue weighted by atomic mass is 16.1. The number of aromatic nitrogens is 1. The zero-order chi connectivity index (χ0) is 14.7. The van der Waals surface area contributed by atoms with Crippen molar-refractivity contribution in [2.45, 2.75) is 51.0 Å². The highest BCUT2D eigenvalue weighted by Crippen LogP contribution is 2.22. The van der Waals surface area contributed by atoms with Crippen molar-refractivity contribution in [1.29, 1.82) is 0 Å². The summed E-state index contributed by atoms with van der Waals surface area (Å²) in [6.07, 6.45) is 10.6. The van der Waals surface area contributed by atoms with Gasteiger partial charge >= 0.3 is 0 Å². The quantitative estimate of drug-likeness (QED) is 0.888. The molecule has 1 fully saturated rings. The number of rotatable bonds is 2. The number of hydrogen-bond acceptors (Lipinski definition) is 1. The zero-order valence-electron chi connectivity index (χ0n) is 12.8. The van der Waals surface area contributed by atoms with Crippen LogP contribution in [0.15, 0.2) is 30.5 Å². The first-order chi connectivity index (χ1) is 10.3. The van der Waals surface area contributed by atoms with E-state index in [1.54, 1.807) is 0 Å². The third-order valence-corrected chi connectivity index (χ3v) is 4.58. The maximum absolute atomic E-state index is 12.6. The number of fused-ring (bicyclic) bond motifs is 1. The van der Waals surface area contributed by atoms with Crippen LogP contribution in [-0.2, 0) is 7.05 Å². The van der Waals surface area contributed by atoms with Crippen LogP contribution in [0.25, 0.3) is 10.9 Å². The topological polar surface area (TPSA) is 34.0 Å². The summed E-state index contributed by atoms with van der Waals surface area (Å²) in [6.45, 7) is 0. The lowest BCUT2D eigenvalue weighted by Gasteiger charge is -2.20. The van der Waals surface area contributed by atoms with E-state index in [9.17, 15) is 4.79 Å². The molecule has 0 unspecified atom stereocenters. The van der Waals surface area contributed by atoms with Crippen molar-refractivity contribution in [1.82, 2.24) is 9.88 Å². The van der Waals surface area contributed by atoms with Crippen LogP contribution in [-0.4, -0.2) is 16.5 Å². The van der Waals surface area contributed by atoms with Gasteiger partial charge in [0.25, 0.3) is 5.91 Å². The van der Waals surface area contributed by atoms with Crippen molar-refractivity contribution in [3.63, 3.8) is 0 Å². The molecule has 1 aromatic heterocycles. The van der Waals surface area contributed by atoms with Gasteiger partial charge in [0.2, 0.25) is 0 Å². The fourth-order valence-electron chi connectivity index (χ4n) is 3.39. The van der Waals surface area contributed by atoms with Gasteiger partial charge in [-0.15, -0.1) is 0 Å². The van der Waals surface area contributed by atoms with Gasteiger partial charge in [0.05, 0.1) is 5.56 Å². The van der Waals surface area contributed by atoms with Gasteiger partial charge in [-0.1, -0.05) is 50.3 Å². The molecule has 1 aliphatic carbocycles. The Kier molecular flexibility index (Phi) is 4.28. The van der Waals surface area contributed by atoms with Crippen molar-refractivity contribution >= 4 is 16.8 Å². The molecule has 1 saturated carbocycles. The van der Waals surface area contributed by atoms with Gasteiger partial charge in [0.15, 0.2) is 0 Å². The Morgan fingerprint density at radius 2 is 1.76 bits per heavy atom. The average molecular weight is 284 g/mol. The number of amides is 1. The largest absolute Gasteiger partial charge is 0.350 e. The van der Waals surface area contributed by atoms with Crippen LogP contribution in [0, 0.1) is 0 Å². The predicted molar refractivity (Wildman–Crippen MR) is 86.5 cm³/mol. The van der Waals surface area contributed by atoms with Crippen LogP contribution in [0.4, 0.5) is 0 Å². The summed E-state index contributed by atoms with van der Waals surface area (Å²) < 4.78 is 2.03. The molecule has 21 heavy (non-hydrogen) atoms. The number of hydrogen-bond donors (Lipinski definition) is 1. The minimum atomic E-state index is 0.0809. The molecule has 0 radical (unpaired) electrons. The molecule has 0 aliphatic heterocycles. The SMILES string of the molecule is Cn1cc(C(=O)NC2CCCCCCC2)c2ccccc21. The van der Waals surface area contributed by atoms with Crippen molar-refractivity contribution in [3.8, 4) is 0 Å². The van der Waals surface area contributed by atoms with Gasteiger partial charge in [-0.05, 0) is 18.9 Å². The Morgan fingerprint density at radius 1 is 1.10 bits per heavy atom. The smallest absolute Gasteiger partial charge is 0.253 e. The summed E-state index contributed by atoms with van der Waals surface area (Å²) in [5.41, 5.74) is 1.91. The van der Waals surface area contributed by atoms with Gasteiger partial charge in [-0.2, -0.15) is 0 Å². The molecule has 1 N–H and O–H groups in total. The van der Waals surface area contributed by atoms with E-state index >= 15 is 0 Å². The summed E-state index contributed by atoms with van der Waals surface area (Å²) in [5, 5.41) is 4.30. The molecule has 0 atom stereocenters. The molecule has 112 valence electrons. The number of aryl methyl sites for hydroxylation is 1. The van der Waals surface area contributed by atoms with Gasteiger partial charge in [-0.25, -0.2) is 0 Å². The van der Waals surface area contributed by atoms with E-state index in [1.165, 1.54) is 32.1 Å². The van der Waals surface area contributed by atoms with Crippen molar-refractivity contribution in [2.24, 2.45) is 7.05 Å². The molecule has 1 aromatic carbocycles. The monoisotopic (exact) mass is 284 g/mol. The normalized spacial score (nSPS) is 17.4. The molecular weight excluding hydrogens is 260 g/mol. The maximum Gasteiger partial charge on any atom is 0.253 e. The molecule has 0 spiro atoms. The van der Waals surface area contributed by atoms with Gasteiger partial charge in [-0.3, -0.25) is 4.79 Å². The van der Waals surface area contributed by atoms with Crippen LogP contribution >= 0.6 is 0 Å². The molecule has 1 amide bonds. The molecule has 3 nitrogen and oxygen atoms in total. The van der Waals surface area contributed by atoms with Gasteiger partial charge in [0, 0.05) is 30.2 Å². The molecule has 0 saturated heterocycles. The Labute approximate surface area is 126 Å². The van der Waals surface area contributed by atoms with E-state index < -0.39 is 0 Å². The second-order valence-corrected chi connectivity index (χ2v) is 6.19. The fraction of sp³-hybridized carbons (Fsp3) is 0.500. The molecular formula is C18H24N2O. The van der Waals surface area contributed by atoms with Crippen LogP contribution < -0.4 is 5.32 Å². The molecule has 0 bridgehead atoms. The van der Waals surface area contributed by atoms with E-state index in [4.69, 9.17) is 0 Å². The number of benzene rings is 1. The highest BCUT2D eigenvalue weighted by Gasteiger charge is 2.18. The lowest BCUT2D eigenvalue weighted by molar-refractivity contribution is 0.0932. The Morgan fingerprint density at radius 3 is 2.52 bits per heavy atom. The number of carbonyl (C=O) groups is 1. The second kappa shape index (κ2) is 6.33. The molecule has 3 heteroatoms. The second-order valence-electron chi connectivity index (χ2n) is 6.19. The number of nitrogens with one attached hydrogen (secondary N) is 1. The minimum Gasteiger partial charge on any atom is -0.350 e. The van der Waals surface area contributed by atoms with Crippen LogP contribution in [0.2, 0.25) is 0 Å². The third-order valence-electron chi connectivity index (χ3n) is 4.58. The summed E-state index contributed by atoms with van der Waals surface area (Å²) in [5.74, 6) is 0.0809. The Bertz CT molecular complexity index is 621. The molecule has 1 aliphatic rings. The van der Waals surface area contributed by atoms with Crippen molar-refractivity contribution in [3.05, 3.63) is 36.0 Å². The van der Waals surface area contributed by atoms with E-state index in [2.05, 4.69) is 11.4 Å². The number of nitrogens with zero attached hydrogens (tertiary/aromatic N) is 1. The lowest BCUT2D eigenvalue weighted by atomic mass is 9.96. The van der Waals surface area contributed by atoms with Gasteiger partial charge in [0.1, 0.15) is 0 Å². The van der Waals surface area contributed by atoms with E-state index in [-0.39, 0.29) is 5.91 Å². The van der Waals surface area contributed by atoms with Crippen molar-refractivity contribution < 1.29 is 4.79 Å². The summed E-state index contributed by atoms with van der Waals surface area (Å²) in [4.78, 5) is 12.6. The van der Waals surface area contributed by atoms with Crippen LogP contribution in [0.1, 0.15) is 55.3 Å². The molecule has 1 heterocycles. The minimum absolute atomic E-state index is 0.0809. The van der Waals surface area contributed by atoms with Gasteiger partial charge < -0.3 is 9.88 Å². The Hall–Kier alpha value is -1.77. The van der Waals surface area contributed by atoms with Crippen LogP contribution in [0.5, 0.6) is 0 Å². The molecule has 3 rings (SSSR count). The zero-order valence-corrected chi connectivity index (χ0v) is 12.8. The first-order valence-electron chi connectivity index (χ1n) is 8.10. The maximum atomic E-state index is 12.6. The summed E-state index contributed by atoms with van der Waals surface area (Å²) >= 11 is 0. The Balaban J connectivity index is 1.77. The van der Waals surface area contributed by atoms with E-state index in [1.807, 2.05) is 36.0 Å². The first-order valence-corrected chi connectivity index (χ1v) is 8.10. The predicted octanol–water partition coefficient (Wildman–Crippen LogP) is 4.02. The molecule has 2 aromatic rings. The first kappa shape index (κ1) is 14.2. The van der Waals surface area contributed by atoms with E-state index in [0.717, 1.165) is 29.3 Å². The number of carbonyl (C=O) groups excluding carboxylic acids is 1. The third kappa shape index (κ3) is 3.12. The van der Waals surface area contributed by atoms with Crippen molar-refractivity contribution in [2.75, 3.05) is 0 Å². The average Bonchev–Trinajstić information content (AvgIpc) is 2.80. The number of para-hydroxylation sites is 1. The fourth-order valence-corrected chi connectivity index (χ4v) is 3.39. The van der Waals surface area contributed by atoms with Crippen LogP contribution in [0.3, 0.4) is 0 Å².